The summed E-state index contributed by atoms with van der Waals surface area (Å²) in [6, 6.07) is 1.92. The monoisotopic (exact) mass is 321 g/mol. The molecule has 1 atom stereocenters. The fourth-order valence-corrected chi connectivity index (χ4v) is 2.17. The lowest BCUT2D eigenvalue weighted by Gasteiger charge is -2.37. The lowest BCUT2D eigenvalue weighted by molar-refractivity contribution is 0.0764. The SMILES string of the molecule is [2H]C([2H])([2H])N1CC[C@H]1COc1cnc(C)cc1I. The third kappa shape index (κ3) is 2.60. The lowest BCUT2D eigenvalue weighted by Crippen LogP contribution is -2.48. The van der Waals surface area contributed by atoms with Crippen LogP contribution < -0.4 is 4.74 Å². The van der Waals surface area contributed by atoms with Crippen LogP contribution >= 0.6 is 22.6 Å². The molecule has 3 nitrogen and oxygen atoms in total. The second-order valence-corrected chi connectivity index (χ2v) is 4.87. The zero-order valence-corrected chi connectivity index (χ0v) is 10.7. The Morgan fingerprint density at radius 2 is 2.67 bits per heavy atom. The normalized spacial score (nSPS) is 24.9. The molecule has 0 spiro atoms. The number of halogens is 1. The number of likely N-dealkylation sites (tertiary alicyclic amines) is 1. The minimum atomic E-state index is -2.01. The molecule has 0 radical (unpaired) electrons. The van der Waals surface area contributed by atoms with Crippen LogP contribution in [-0.2, 0) is 0 Å². The van der Waals surface area contributed by atoms with Crippen LogP contribution in [0.2, 0.25) is 0 Å². The van der Waals surface area contributed by atoms with E-state index in [1.807, 2.05) is 13.0 Å². The van der Waals surface area contributed by atoms with E-state index in [0.717, 1.165) is 21.4 Å². The zero-order valence-electron chi connectivity index (χ0n) is 11.5. The quantitative estimate of drug-likeness (QED) is 0.797. The molecular formula is C11H15IN2O. The summed E-state index contributed by atoms with van der Waals surface area (Å²) < 4.78 is 28.7. The van der Waals surface area contributed by atoms with Gasteiger partial charge in [0.05, 0.1) is 9.77 Å². The minimum absolute atomic E-state index is 0.0189. The van der Waals surface area contributed by atoms with Crippen LogP contribution in [0.5, 0.6) is 5.75 Å². The summed E-state index contributed by atoms with van der Waals surface area (Å²) >= 11 is 2.19. The molecule has 0 saturated carbocycles. The van der Waals surface area contributed by atoms with Crippen molar-refractivity contribution in [3.63, 3.8) is 0 Å². The predicted octanol–water partition coefficient (Wildman–Crippen LogP) is 2.08. The maximum atomic E-state index is 7.36. The highest BCUT2D eigenvalue weighted by atomic mass is 127. The van der Waals surface area contributed by atoms with E-state index in [9.17, 15) is 0 Å². The number of aromatic nitrogens is 1. The molecule has 1 aromatic heterocycles. The number of ether oxygens (including phenoxy) is 1. The number of hydrogen-bond donors (Lipinski definition) is 0. The van der Waals surface area contributed by atoms with E-state index in [1.165, 1.54) is 4.90 Å². The van der Waals surface area contributed by atoms with E-state index in [1.54, 1.807) is 6.20 Å². The van der Waals surface area contributed by atoms with Crippen LogP contribution in [0.15, 0.2) is 12.3 Å². The standard InChI is InChI=1S/C11H15IN2O/c1-8-5-10(12)11(6-13-8)15-7-9-3-4-14(9)2/h5-6,9H,3-4,7H2,1-2H3/t9-/m0/s1/i2D3. The highest BCUT2D eigenvalue weighted by molar-refractivity contribution is 14.1. The molecule has 4 heteroatoms. The van der Waals surface area contributed by atoms with Gasteiger partial charge in [-0.15, -0.1) is 0 Å². The molecule has 1 aliphatic heterocycles. The predicted molar refractivity (Wildman–Crippen MR) is 68.2 cm³/mol. The van der Waals surface area contributed by atoms with Crippen molar-refractivity contribution in [1.29, 1.82) is 0 Å². The Bertz CT molecular complexity index is 439. The van der Waals surface area contributed by atoms with Crippen LogP contribution in [0.1, 0.15) is 16.2 Å². The smallest absolute Gasteiger partial charge is 0.150 e. The Morgan fingerprint density at radius 1 is 1.80 bits per heavy atom. The molecule has 0 aromatic carbocycles. The Balaban J connectivity index is 1.92. The highest BCUT2D eigenvalue weighted by Gasteiger charge is 2.24. The van der Waals surface area contributed by atoms with Gasteiger partial charge in [0.25, 0.3) is 0 Å². The number of pyridine rings is 1. The maximum absolute atomic E-state index is 7.36. The van der Waals surface area contributed by atoms with Crippen molar-refractivity contribution in [3.8, 4) is 5.75 Å². The third-order valence-electron chi connectivity index (χ3n) is 2.53. The number of nitrogens with zero attached hydrogens (tertiary/aromatic N) is 2. The molecule has 1 fully saturated rings. The summed E-state index contributed by atoms with van der Waals surface area (Å²) in [5, 5.41) is 0. The van der Waals surface area contributed by atoms with Crippen molar-refractivity contribution in [1.82, 2.24) is 9.88 Å². The first-order chi connectivity index (χ1) is 8.38. The molecule has 0 bridgehead atoms. The van der Waals surface area contributed by atoms with E-state index in [2.05, 4.69) is 27.6 Å². The number of likely N-dealkylation sites (N-methyl/N-ethyl adjacent to an activating group) is 1. The van der Waals surface area contributed by atoms with E-state index >= 15 is 0 Å². The summed E-state index contributed by atoms with van der Waals surface area (Å²) in [5.74, 6) is 0.721. The van der Waals surface area contributed by atoms with Gasteiger partial charge in [0, 0.05) is 15.8 Å². The van der Waals surface area contributed by atoms with E-state index < -0.39 is 6.98 Å². The van der Waals surface area contributed by atoms with E-state index in [4.69, 9.17) is 8.85 Å². The first-order valence-electron chi connectivity index (χ1n) is 6.39. The maximum Gasteiger partial charge on any atom is 0.150 e. The molecule has 1 saturated heterocycles. The van der Waals surface area contributed by atoms with Crippen LogP contribution in [0.25, 0.3) is 0 Å². The number of rotatable bonds is 3. The summed E-state index contributed by atoms with van der Waals surface area (Å²) in [5.41, 5.74) is 0.944. The third-order valence-corrected chi connectivity index (χ3v) is 3.37. The van der Waals surface area contributed by atoms with Gasteiger partial charge in [-0.3, -0.25) is 9.88 Å². The molecule has 82 valence electrons. The molecule has 1 aromatic rings. The second-order valence-electron chi connectivity index (χ2n) is 3.70. The van der Waals surface area contributed by atoms with E-state index in [-0.39, 0.29) is 6.04 Å². The van der Waals surface area contributed by atoms with Gasteiger partial charge in [0.1, 0.15) is 6.61 Å². The van der Waals surface area contributed by atoms with Crippen molar-refractivity contribution >= 4 is 22.6 Å². The zero-order chi connectivity index (χ0) is 13.3. The number of aryl methyl sites for hydroxylation is 1. The highest BCUT2D eigenvalue weighted by Crippen LogP contribution is 2.22. The Kier molecular flexibility index (Phi) is 2.43. The molecule has 15 heavy (non-hydrogen) atoms. The van der Waals surface area contributed by atoms with Crippen molar-refractivity contribution in [3.05, 3.63) is 21.5 Å². The average molecular weight is 321 g/mol. The average Bonchev–Trinajstić information content (AvgIpc) is 2.17. The van der Waals surface area contributed by atoms with Gasteiger partial charge in [0.2, 0.25) is 0 Å². The van der Waals surface area contributed by atoms with Crippen molar-refractivity contribution < 1.29 is 8.85 Å². The molecule has 2 rings (SSSR count). The van der Waals surface area contributed by atoms with Crippen LogP contribution in [0.4, 0.5) is 0 Å². The first kappa shape index (κ1) is 7.84. The van der Waals surface area contributed by atoms with Gasteiger partial charge in [-0.2, -0.15) is 0 Å². The van der Waals surface area contributed by atoms with Gasteiger partial charge in [-0.25, -0.2) is 0 Å². The topological polar surface area (TPSA) is 25.4 Å². The molecular weight excluding hydrogens is 303 g/mol. The molecule has 1 aliphatic rings. The lowest BCUT2D eigenvalue weighted by atomic mass is 10.1. The molecule has 0 unspecified atom stereocenters. The minimum Gasteiger partial charge on any atom is -0.489 e. The van der Waals surface area contributed by atoms with Gasteiger partial charge in [0.15, 0.2) is 5.75 Å². The summed E-state index contributed by atoms with van der Waals surface area (Å²) in [6.07, 6.45) is 2.56. The van der Waals surface area contributed by atoms with Crippen molar-refractivity contribution in [2.75, 3.05) is 20.1 Å². The van der Waals surface area contributed by atoms with Crippen molar-refractivity contribution in [2.45, 2.75) is 19.4 Å². The largest absolute Gasteiger partial charge is 0.489 e. The van der Waals surface area contributed by atoms with E-state index in [0.29, 0.717) is 13.2 Å². The Morgan fingerprint density at radius 3 is 3.27 bits per heavy atom. The molecule has 2 heterocycles. The first-order valence-corrected chi connectivity index (χ1v) is 5.97. The summed E-state index contributed by atoms with van der Waals surface area (Å²) in [7, 11) is 0. The van der Waals surface area contributed by atoms with Gasteiger partial charge in [-0.05, 0) is 55.5 Å². The molecule has 0 aliphatic carbocycles. The van der Waals surface area contributed by atoms with Crippen LogP contribution in [-0.4, -0.2) is 36.1 Å². The van der Waals surface area contributed by atoms with Gasteiger partial charge in [-0.1, -0.05) is 0 Å². The number of hydrogen-bond acceptors (Lipinski definition) is 3. The van der Waals surface area contributed by atoms with Gasteiger partial charge >= 0.3 is 0 Å². The Labute approximate surface area is 108 Å². The Hall–Kier alpha value is -0.360. The van der Waals surface area contributed by atoms with Crippen LogP contribution in [0, 0.1) is 10.5 Å². The fourth-order valence-electron chi connectivity index (χ4n) is 1.42. The molecule has 0 N–H and O–H groups in total. The molecule has 0 amide bonds. The summed E-state index contributed by atoms with van der Waals surface area (Å²) in [6.45, 7) is 0.937. The van der Waals surface area contributed by atoms with Crippen LogP contribution in [0.3, 0.4) is 0 Å². The second kappa shape index (κ2) is 4.65. The fraction of sp³-hybridized carbons (Fsp3) is 0.545. The summed E-state index contributed by atoms with van der Waals surface area (Å²) in [4.78, 5) is 5.68. The van der Waals surface area contributed by atoms with Crippen molar-refractivity contribution in [2.24, 2.45) is 0 Å². The van der Waals surface area contributed by atoms with Gasteiger partial charge < -0.3 is 4.74 Å².